The highest BCUT2D eigenvalue weighted by Crippen LogP contribution is 2.39. The Hall–Kier alpha value is -3.08. The van der Waals surface area contributed by atoms with Crippen LogP contribution in [0.1, 0.15) is 58.6 Å². The van der Waals surface area contributed by atoms with E-state index in [9.17, 15) is 14.9 Å². The highest BCUT2D eigenvalue weighted by Gasteiger charge is 2.26. The van der Waals surface area contributed by atoms with Gasteiger partial charge in [-0.25, -0.2) is 0 Å². The number of thioether (sulfide) groups is 1. The summed E-state index contributed by atoms with van der Waals surface area (Å²) in [5.74, 6) is 0.337. The van der Waals surface area contributed by atoms with E-state index in [1.165, 1.54) is 16.6 Å². The first-order valence-corrected chi connectivity index (χ1v) is 13.6. The van der Waals surface area contributed by atoms with Crippen molar-refractivity contribution in [3.63, 3.8) is 0 Å². The average molecular weight is 504 g/mol. The van der Waals surface area contributed by atoms with Crippen molar-refractivity contribution in [2.75, 3.05) is 10.6 Å². The number of nitrogens with zero attached hydrogens (tertiary/aromatic N) is 1. The second kappa shape index (κ2) is 11.1. The fraction of sp³-hybridized carbons (Fsp3) is 0.321. The largest absolute Gasteiger partial charge is 0.322 e. The Kier molecular flexibility index (Phi) is 7.94. The predicted octanol–water partition coefficient (Wildman–Crippen LogP) is 6.81. The Bertz CT molecular complexity index is 1290. The molecule has 0 bridgehead atoms. The molecule has 2 amide bonds. The van der Waals surface area contributed by atoms with Crippen LogP contribution in [0.25, 0.3) is 0 Å². The van der Waals surface area contributed by atoms with Crippen LogP contribution >= 0.6 is 23.1 Å². The molecule has 0 aliphatic heterocycles. The van der Waals surface area contributed by atoms with Crippen molar-refractivity contribution in [2.24, 2.45) is 5.92 Å². The molecule has 0 fully saturated rings. The van der Waals surface area contributed by atoms with Gasteiger partial charge >= 0.3 is 0 Å². The van der Waals surface area contributed by atoms with Gasteiger partial charge in [-0.05, 0) is 74.4 Å². The smallest absolute Gasteiger partial charge is 0.255 e. The summed E-state index contributed by atoms with van der Waals surface area (Å²) in [6.07, 6.45) is 3.59. The van der Waals surface area contributed by atoms with Gasteiger partial charge in [0.2, 0.25) is 5.91 Å². The van der Waals surface area contributed by atoms with Gasteiger partial charge in [-0.1, -0.05) is 37.6 Å². The molecule has 3 aromatic rings. The third kappa shape index (κ3) is 5.95. The van der Waals surface area contributed by atoms with Gasteiger partial charge in [-0.3, -0.25) is 9.59 Å². The minimum atomic E-state index is -0.317. The third-order valence-corrected chi connectivity index (χ3v) is 8.70. The summed E-state index contributed by atoms with van der Waals surface area (Å²) in [6, 6.07) is 17.3. The lowest BCUT2D eigenvalue weighted by molar-refractivity contribution is -0.115. The van der Waals surface area contributed by atoms with Crippen molar-refractivity contribution in [3.8, 4) is 6.07 Å². The summed E-state index contributed by atoms with van der Waals surface area (Å²) in [5, 5.41) is 16.1. The number of anilines is 2. The Morgan fingerprint density at radius 3 is 2.74 bits per heavy atom. The number of aryl methyl sites for hydroxylation is 1. The first-order chi connectivity index (χ1) is 16.9. The van der Waals surface area contributed by atoms with Crippen molar-refractivity contribution in [1.29, 1.82) is 5.26 Å². The number of nitriles is 1. The molecule has 0 radical (unpaired) electrons. The lowest BCUT2D eigenvalue weighted by Gasteiger charge is -2.17. The van der Waals surface area contributed by atoms with E-state index in [-0.39, 0.29) is 17.1 Å². The number of carbonyl (C=O) groups excluding carboxylic acids is 2. The van der Waals surface area contributed by atoms with Gasteiger partial charge in [-0.15, -0.1) is 23.1 Å². The second-order valence-corrected chi connectivity index (χ2v) is 11.4. The van der Waals surface area contributed by atoms with E-state index in [0.29, 0.717) is 34.2 Å². The molecule has 0 saturated heterocycles. The monoisotopic (exact) mass is 503 g/mol. The van der Waals surface area contributed by atoms with E-state index < -0.39 is 0 Å². The van der Waals surface area contributed by atoms with Gasteiger partial charge in [0.1, 0.15) is 11.1 Å². The number of nitrogens with one attached hydrogen (secondary N) is 2. The molecule has 1 aliphatic rings. The molecule has 2 atom stereocenters. The van der Waals surface area contributed by atoms with Crippen LogP contribution in [0.2, 0.25) is 0 Å². The first-order valence-electron chi connectivity index (χ1n) is 11.9. The van der Waals surface area contributed by atoms with E-state index in [2.05, 4.69) is 23.6 Å². The molecule has 2 aromatic carbocycles. The van der Waals surface area contributed by atoms with Crippen molar-refractivity contribution in [2.45, 2.75) is 56.6 Å². The molecule has 0 saturated carbocycles. The Labute approximate surface area is 214 Å². The van der Waals surface area contributed by atoms with E-state index in [1.54, 1.807) is 17.4 Å². The van der Waals surface area contributed by atoms with E-state index >= 15 is 0 Å². The number of fused-ring (bicyclic) bond motifs is 1. The number of rotatable bonds is 7. The van der Waals surface area contributed by atoms with Crippen LogP contribution in [-0.4, -0.2) is 17.1 Å². The van der Waals surface area contributed by atoms with Gasteiger partial charge < -0.3 is 10.6 Å². The van der Waals surface area contributed by atoms with Crippen LogP contribution in [0.4, 0.5) is 10.7 Å². The van der Waals surface area contributed by atoms with Crippen LogP contribution in [-0.2, 0) is 17.6 Å². The Morgan fingerprint density at radius 2 is 2.00 bits per heavy atom. The van der Waals surface area contributed by atoms with Crippen LogP contribution < -0.4 is 10.6 Å². The molecule has 1 aliphatic carbocycles. The van der Waals surface area contributed by atoms with Crippen LogP contribution in [0.15, 0.2) is 53.4 Å². The van der Waals surface area contributed by atoms with Gasteiger partial charge in [-0.2, -0.15) is 5.26 Å². The number of thiophene rings is 1. The Morgan fingerprint density at radius 1 is 1.20 bits per heavy atom. The maximum Gasteiger partial charge on any atom is 0.255 e. The van der Waals surface area contributed by atoms with Gasteiger partial charge in [0.15, 0.2) is 0 Å². The summed E-state index contributed by atoms with van der Waals surface area (Å²) < 4.78 is 0. The van der Waals surface area contributed by atoms with Gasteiger partial charge in [0.25, 0.3) is 5.91 Å². The SMILES string of the molecule is CCC(Sc1cccc(NC(=O)c2cccc(C)c2)c1)C(=O)Nc1sc2c(c1C#N)CCC(C)C2. The van der Waals surface area contributed by atoms with E-state index in [4.69, 9.17) is 0 Å². The molecule has 180 valence electrons. The zero-order chi connectivity index (χ0) is 24.9. The molecule has 1 heterocycles. The molecule has 5 nitrogen and oxygen atoms in total. The summed E-state index contributed by atoms with van der Waals surface area (Å²) in [6.45, 7) is 6.16. The van der Waals surface area contributed by atoms with E-state index in [0.717, 1.165) is 35.3 Å². The number of benzene rings is 2. The zero-order valence-corrected chi connectivity index (χ0v) is 21.8. The van der Waals surface area contributed by atoms with Crippen molar-refractivity contribution < 1.29 is 9.59 Å². The molecule has 0 spiro atoms. The standard InChI is InChI=1S/C28H29N3O2S2/c1-4-24(27(33)31-28-23(16-29)22-12-11-18(3)14-25(22)35-28)34-21-10-6-9-20(15-21)30-26(32)19-8-5-7-17(2)13-19/h5-10,13,15,18,24H,4,11-12,14H2,1-3H3,(H,30,32)(H,31,33). The molecular formula is C28H29N3O2S2. The number of carbonyl (C=O) groups is 2. The lowest BCUT2D eigenvalue weighted by atomic mass is 9.88. The maximum absolute atomic E-state index is 13.2. The molecule has 1 aromatic heterocycles. The fourth-order valence-corrected chi connectivity index (χ4v) is 6.65. The molecule has 4 rings (SSSR count). The molecule has 2 N–H and O–H groups in total. The minimum absolute atomic E-state index is 0.102. The molecule has 2 unspecified atom stereocenters. The maximum atomic E-state index is 13.2. The van der Waals surface area contributed by atoms with Crippen LogP contribution in [0.3, 0.4) is 0 Å². The summed E-state index contributed by atoms with van der Waals surface area (Å²) in [7, 11) is 0. The average Bonchev–Trinajstić information content (AvgIpc) is 3.18. The fourth-order valence-electron chi connectivity index (χ4n) is 4.27. The second-order valence-electron chi connectivity index (χ2n) is 9.02. The molecular weight excluding hydrogens is 474 g/mol. The highest BCUT2D eigenvalue weighted by atomic mass is 32.2. The summed E-state index contributed by atoms with van der Waals surface area (Å²) >= 11 is 3.01. The van der Waals surface area contributed by atoms with Gasteiger partial charge in [0, 0.05) is 21.0 Å². The third-order valence-electron chi connectivity index (χ3n) is 6.17. The van der Waals surface area contributed by atoms with Crippen molar-refractivity contribution >= 4 is 45.6 Å². The summed E-state index contributed by atoms with van der Waals surface area (Å²) in [4.78, 5) is 27.9. The van der Waals surface area contributed by atoms with Crippen molar-refractivity contribution in [3.05, 3.63) is 75.7 Å². The number of amides is 2. The first kappa shape index (κ1) is 25.0. The molecule has 7 heteroatoms. The summed E-state index contributed by atoms with van der Waals surface area (Å²) in [5.41, 5.74) is 4.06. The van der Waals surface area contributed by atoms with Crippen molar-refractivity contribution in [1.82, 2.24) is 0 Å². The number of hydrogen-bond acceptors (Lipinski definition) is 5. The molecule has 35 heavy (non-hydrogen) atoms. The Balaban J connectivity index is 1.45. The quantitative estimate of drug-likeness (QED) is 0.347. The highest BCUT2D eigenvalue weighted by molar-refractivity contribution is 8.00. The minimum Gasteiger partial charge on any atom is -0.322 e. The predicted molar refractivity (Wildman–Crippen MR) is 144 cm³/mol. The zero-order valence-electron chi connectivity index (χ0n) is 20.2. The van der Waals surface area contributed by atoms with Crippen LogP contribution in [0, 0.1) is 24.2 Å². The normalized spacial score (nSPS) is 15.5. The van der Waals surface area contributed by atoms with Crippen LogP contribution in [0.5, 0.6) is 0 Å². The lowest BCUT2D eigenvalue weighted by Crippen LogP contribution is -2.24. The van der Waals surface area contributed by atoms with Gasteiger partial charge in [0.05, 0.1) is 10.8 Å². The topological polar surface area (TPSA) is 82.0 Å². The number of hydrogen-bond donors (Lipinski definition) is 2. The van der Waals surface area contributed by atoms with E-state index in [1.807, 2.05) is 56.3 Å².